The molecular weight excluding hydrogens is 282 g/mol. The summed E-state index contributed by atoms with van der Waals surface area (Å²) in [6.45, 7) is 8.09. The average molecular weight is 311 g/mol. The first kappa shape index (κ1) is 20.9. The Morgan fingerprint density at radius 1 is 0.826 bits per heavy atom. The van der Waals surface area contributed by atoms with Crippen molar-refractivity contribution in [1.29, 1.82) is 5.26 Å². The average Bonchev–Trinajstić information content (AvgIpc) is 2.66. The minimum absolute atomic E-state index is 0.0265. The van der Waals surface area contributed by atoms with Crippen molar-refractivity contribution in [3.05, 3.63) is 71.8 Å². The highest BCUT2D eigenvalue weighted by Gasteiger charge is 2.23. The van der Waals surface area contributed by atoms with Crippen molar-refractivity contribution in [3.63, 3.8) is 0 Å². The summed E-state index contributed by atoms with van der Waals surface area (Å²) in [7, 11) is 0. The zero-order valence-electron chi connectivity index (χ0n) is 14.7. The van der Waals surface area contributed by atoms with E-state index in [1.54, 1.807) is 0 Å². The van der Waals surface area contributed by atoms with Crippen molar-refractivity contribution in [2.75, 3.05) is 6.61 Å². The topological polar surface area (TPSA) is 44.0 Å². The van der Waals surface area contributed by atoms with Gasteiger partial charge in [-0.25, -0.2) is 0 Å². The molecule has 0 amide bonds. The number of benzene rings is 2. The Kier molecular flexibility index (Phi) is 12.3. The second kappa shape index (κ2) is 13.5. The lowest BCUT2D eigenvalue weighted by Crippen LogP contribution is -2.11. The summed E-state index contributed by atoms with van der Waals surface area (Å²) in [6.07, 6.45) is 0.594. The maximum Gasteiger partial charge on any atom is 0.0782 e. The summed E-state index contributed by atoms with van der Waals surface area (Å²) >= 11 is 0. The van der Waals surface area contributed by atoms with Crippen molar-refractivity contribution in [3.8, 4) is 6.07 Å². The Balaban J connectivity index is 0.00000112. The number of aliphatic hydroxyl groups is 1. The van der Waals surface area contributed by atoms with Crippen molar-refractivity contribution in [1.82, 2.24) is 0 Å². The van der Waals surface area contributed by atoms with E-state index >= 15 is 0 Å². The van der Waals surface area contributed by atoms with Crippen LogP contribution in [-0.2, 0) is 0 Å². The predicted octanol–water partition coefficient (Wildman–Crippen LogP) is 5.51. The fraction of sp³-hybridized carbons (Fsp3) is 0.381. The van der Waals surface area contributed by atoms with Gasteiger partial charge in [-0.05, 0) is 17.5 Å². The molecule has 0 saturated heterocycles. The van der Waals surface area contributed by atoms with E-state index in [1.807, 2.05) is 88.4 Å². The first-order valence-corrected chi connectivity index (χ1v) is 8.47. The van der Waals surface area contributed by atoms with Gasteiger partial charge in [-0.2, -0.15) is 5.26 Å². The number of aliphatic hydroxyl groups excluding tert-OH is 1. The number of hydrogen-bond acceptors (Lipinski definition) is 2. The lowest BCUT2D eigenvalue weighted by atomic mass is 9.80. The number of nitriles is 1. The fourth-order valence-corrected chi connectivity index (χ4v) is 2.42. The molecule has 2 rings (SSSR count). The van der Waals surface area contributed by atoms with Crippen LogP contribution in [-0.4, -0.2) is 11.7 Å². The minimum atomic E-state index is -0.226. The summed E-state index contributed by atoms with van der Waals surface area (Å²) in [5, 5.41) is 18.8. The predicted molar refractivity (Wildman–Crippen MR) is 98.4 cm³/mol. The highest BCUT2D eigenvalue weighted by molar-refractivity contribution is 5.32. The molecule has 2 aromatic carbocycles. The Morgan fingerprint density at radius 3 is 1.65 bits per heavy atom. The Labute approximate surface area is 141 Å². The molecule has 1 N–H and O–H groups in total. The van der Waals surface area contributed by atoms with Crippen LogP contribution in [0.2, 0.25) is 0 Å². The van der Waals surface area contributed by atoms with Crippen LogP contribution >= 0.6 is 0 Å². The van der Waals surface area contributed by atoms with Gasteiger partial charge in [0.2, 0.25) is 0 Å². The maximum absolute atomic E-state index is 9.51. The molecule has 0 aromatic heterocycles. The normalized spacial score (nSPS) is 11.7. The molecule has 0 spiro atoms. The van der Waals surface area contributed by atoms with Crippen LogP contribution < -0.4 is 0 Å². The monoisotopic (exact) mass is 311 g/mol. The highest BCUT2D eigenvalue weighted by atomic mass is 16.3. The van der Waals surface area contributed by atoms with Crippen molar-refractivity contribution >= 4 is 0 Å². The molecule has 0 aliphatic carbocycles. The molecule has 2 aromatic rings. The Bertz CT molecular complexity index is 531. The number of hydrogen-bond donors (Lipinski definition) is 1. The smallest absolute Gasteiger partial charge is 0.0782 e. The third kappa shape index (κ3) is 6.67. The molecule has 0 aliphatic heterocycles. The van der Waals surface area contributed by atoms with Crippen molar-refractivity contribution in [2.24, 2.45) is 0 Å². The zero-order valence-corrected chi connectivity index (χ0v) is 14.7. The minimum Gasteiger partial charge on any atom is -0.396 e. The van der Waals surface area contributed by atoms with E-state index in [4.69, 9.17) is 0 Å². The largest absolute Gasteiger partial charge is 0.396 e. The van der Waals surface area contributed by atoms with E-state index < -0.39 is 0 Å². The van der Waals surface area contributed by atoms with E-state index in [2.05, 4.69) is 6.07 Å². The SMILES string of the molecule is CC.CC.N#CC(c1ccccc1)C(CCO)c1ccccc1. The molecule has 0 bridgehead atoms. The molecule has 124 valence electrons. The summed E-state index contributed by atoms with van der Waals surface area (Å²) in [5.74, 6) is -0.200. The van der Waals surface area contributed by atoms with E-state index in [-0.39, 0.29) is 18.4 Å². The quantitative estimate of drug-likeness (QED) is 0.791. The number of rotatable bonds is 5. The molecule has 23 heavy (non-hydrogen) atoms. The molecule has 2 atom stereocenters. The van der Waals surface area contributed by atoms with Crippen LogP contribution in [0.15, 0.2) is 60.7 Å². The van der Waals surface area contributed by atoms with Gasteiger partial charge in [0.25, 0.3) is 0 Å². The highest BCUT2D eigenvalue weighted by Crippen LogP contribution is 2.34. The van der Waals surface area contributed by atoms with Gasteiger partial charge in [-0.15, -0.1) is 0 Å². The lowest BCUT2D eigenvalue weighted by molar-refractivity contribution is 0.272. The van der Waals surface area contributed by atoms with Gasteiger partial charge in [-0.1, -0.05) is 88.4 Å². The van der Waals surface area contributed by atoms with E-state index in [9.17, 15) is 10.4 Å². The molecular formula is C21H29NO. The first-order chi connectivity index (χ1) is 11.4. The van der Waals surface area contributed by atoms with Crippen molar-refractivity contribution < 1.29 is 5.11 Å². The van der Waals surface area contributed by atoms with E-state index in [0.29, 0.717) is 6.42 Å². The van der Waals surface area contributed by atoms with Crippen LogP contribution in [0.5, 0.6) is 0 Å². The Morgan fingerprint density at radius 2 is 1.26 bits per heavy atom. The molecule has 2 nitrogen and oxygen atoms in total. The summed E-state index contributed by atoms with van der Waals surface area (Å²) in [6, 6.07) is 22.1. The van der Waals surface area contributed by atoms with Gasteiger partial charge in [0.05, 0.1) is 12.0 Å². The third-order valence-corrected chi connectivity index (χ3v) is 3.37. The van der Waals surface area contributed by atoms with E-state index in [1.165, 1.54) is 0 Å². The molecule has 0 saturated carbocycles. The van der Waals surface area contributed by atoms with Gasteiger partial charge in [0, 0.05) is 12.5 Å². The van der Waals surface area contributed by atoms with Gasteiger partial charge in [0.15, 0.2) is 0 Å². The second-order valence-corrected chi connectivity index (χ2v) is 4.55. The van der Waals surface area contributed by atoms with Crippen LogP contribution in [0, 0.1) is 11.3 Å². The lowest BCUT2D eigenvalue weighted by Gasteiger charge is -2.22. The molecule has 0 fully saturated rings. The Hall–Kier alpha value is -2.11. The summed E-state index contributed by atoms with van der Waals surface area (Å²) < 4.78 is 0. The molecule has 0 radical (unpaired) electrons. The molecule has 0 heterocycles. The summed E-state index contributed by atoms with van der Waals surface area (Å²) in [4.78, 5) is 0. The van der Waals surface area contributed by atoms with Crippen LogP contribution in [0.4, 0.5) is 0 Å². The van der Waals surface area contributed by atoms with Crippen LogP contribution in [0.25, 0.3) is 0 Å². The van der Waals surface area contributed by atoms with Crippen molar-refractivity contribution in [2.45, 2.75) is 46.0 Å². The van der Waals surface area contributed by atoms with E-state index in [0.717, 1.165) is 11.1 Å². The number of nitrogens with zero attached hydrogens (tertiary/aromatic N) is 1. The summed E-state index contributed by atoms with van der Waals surface area (Å²) in [5.41, 5.74) is 2.11. The van der Waals surface area contributed by atoms with Gasteiger partial charge in [-0.3, -0.25) is 0 Å². The molecule has 2 unspecified atom stereocenters. The van der Waals surface area contributed by atoms with Gasteiger partial charge >= 0.3 is 0 Å². The second-order valence-electron chi connectivity index (χ2n) is 4.55. The standard InChI is InChI=1S/C17H17NO.2C2H6/c18-13-17(15-9-5-2-6-10-15)16(11-12-19)14-7-3-1-4-8-14;2*1-2/h1-10,16-17,19H,11-12H2;2*1-2H3. The fourth-order valence-electron chi connectivity index (χ4n) is 2.42. The van der Waals surface area contributed by atoms with Gasteiger partial charge < -0.3 is 5.11 Å². The maximum atomic E-state index is 9.51. The van der Waals surface area contributed by atoms with Crippen LogP contribution in [0.1, 0.15) is 57.1 Å². The van der Waals surface area contributed by atoms with Crippen LogP contribution in [0.3, 0.4) is 0 Å². The molecule has 2 heteroatoms. The zero-order chi connectivity index (χ0) is 17.5. The first-order valence-electron chi connectivity index (χ1n) is 8.47. The van der Waals surface area contributed by atoms with Gasteiger partial charge in [0.1, 0.15) is 0 Å². The molecule has 0 aliphatic rings. The third-order valence-electron chi connectivity index (χ3n) is 3.37.